The summed E-state index contributed by atoms with van der Waals surface area (Å²) in [5.74, 6) is 0.885. The highest BCUT2D eigenvalue weighted by molar-refractivity contribution is 5.69. The summed E-state index contributed by atoms with van der Waals surface area (Å²) in [6, 6.07) is 6.88. The molecule has 0 amide bonds. The lowest BCUT2D eigenvalue weighted by molar-refractivity contribution is -0.139. The molecule has 1 heterocycles. The minimum absolute atomic E-state index is 0.135. The van der Waals surface area contributed by atoms with Gasteiger partial charge in [0.15, 0.2) is 11.5 Å². The summed E-state index contributed by atoms with van der Waals surface area (Å²) >= 11 is 0. The number of carbonyl (C=O) groups is 1. The third kappa shape index (κ3) is 3.95. The maximum absolute atomic E-state index is 10.8. The Morgan fingerprint density at radius 3 is 2.74 bits per heavy atom. The number of nitrogens with zero attached hydrogens (tertiary/aromatic N) is 1. The normalized spacial score (nSPS) is 22.7. The van der Waals surface area contributed by atoms with Crippen molar-refractivity contribution in [1.82, 2.24) is 10.2 Å². The van der Waals surface area contributed by atoms with E-state index in [-0.39, 0.29) is 6.54 Å². The van der Waals surface area contributed by atoms with Crippen LogP contribution in [0.15, 0.2) is 18.2 Å². The average Bonchev–Trinajstić information content (AvgIpc) is 2.51. The number of benzene rings is 1. The van der Waals surface area contributed by atoms with Crippen molar-refractivity contribution in [1.29, 1.82) is 0 Å². The summed E-state index contributed by atoms with van der Waals surface area (Å²) in [6.07, 6.45) is 2.01. The molecule has 126 valence electrons. The smallest absolute Gasteiger partial charge is 0.317 e. The molecule has 1 saturated carbocycles. The molecule has 0 saturated heterocycles. The number of fused-ring (bicyclic) bond motifs is 1. The standard InChI is InChI=1S/C17H24N2O4/c1-2-19(11-17(20)21)14-8-13(9-14)18-10-12-3-4-15-16(7-12)23-6-5-22-15/h3-4,7,13-14,18H,2,5-6,8-11H2,1H3,(H,20,21). The number of ether oxygens (including phenoxy) is 2. The number of aliphatic carboxylic acids is 1. The lowest BCUT2D eigenvalue weighted by Crippen LogP contribution is -2.53. The number of carboxylic acids is 1. The lowest BCUT2D eigenvalue weighted by Gasteiger charge is -2.42. The molecule has 1 aliphatic heterocycles. The van der Waals surface area contributed by atoms with Crippen LogP contribution in [0.3, 0.4) is 0 Å². The Balaban J connectivity index is 1.45. The summed E-state index contributed by atoms with van der Waals surface area (Å²) in [6.45, 7) is 4.93. The first kappa shape index (κ1) is 16.1. The van der Waals surface area contributed by atoms with Crippen LogP contribution in [0.4, 0.5) is 0 Å². The van der Waals surface area contributed by atoms with Crippen molar-refractivity contribution in [2.24, 2.45) is 0 Å². The van der Waals surface area contributed by atoms with Gasteiger partial charge in [0.25, 0.3) is 0 Å². The van der Waals surface area contributed by atoms with Gasteiger partial charge in [0.1, 0.15) is 13.2 Å². The Morgan fingerprint density at radius 1 is 1.30 bits per heavy atom. The van der Waals surface area contributed by atoms with Crippen LogP contribution >= 0.6 is 0 Å². The number of hydrogen-bond donors (Lipinski definition) is 2. The van der Waals surface area contributed by atoms with Gasteiger partial charge in [0.2, 0.25) is 0 Å². The van der Waals surface area contributed by atoms with Gasteiger partial charge in [-0.3, -0.25) is 9.69 Å². The third-order valence-corrected chi connectivity index (χ3v) is 4.58. The molecular formula is C17H24N2O4. The van der Waals surface area contributed by atoms with Gasteiger partial charge in [-0.15, -0.1) is 0 Å². The van der Waals surface area contributed by atoms with Crippen molar-refractivity contribution in [2.45, 2.75) is 38.4 Å². The average molecular weight is 320 g/mol. The van der Waals surface area contributed by atoms with Crippen LogP contribution in [0.25, 0.3) is 0 Å². The first-order valence-corrected chi connectivity index (χ1v) is 8.23. The molecule has 1 fully saturated rings. The van der Waals surface area contributed by atoms with E-state index in [1.54, 1.807) is 0 Å². The molecule has 1 aliphatic carbocycles. The first-order valence-electron chi connectivity index (χ1n) is 8.23. The second-order valence-corrected chi connectivity index (χ2v) is 6.14. The lowest BCUT2D eigenvalue weighted by atomic mass is 9.85. The van der Waals surface area contributed by atoms with Crippen molar-refractivity contribution in [3.63, 3.8) is 0 Å². The largest absolute Gasteiger partial charge is 0.486 e. The summed E-state index contributed by atoms with van der Waals surface area (Å²) in [4.78, 5) is 12.9. The number of likely N-dealkylation sites (N-methyl/N-ethyl adjacent to an activating group) is 1. The van der Waals surface area contributed by atoms with E-state index in [0.29, 0.717) is 25.3 Å². The first-order chi connectivity index (χ1) is 11.2. The Bertz CT molecular complexity index is 558. The highest BCUT2D eigenvalue weighted by Crippen LogP contribution is 2.31. The van der Waals surface area contributed by atoms with Crippen molar-refractivity contribution in [3.05, 3.63) is 23.8 Å². The third-order valence-electron chi connectivity index (χ3n) is 4.58. The van der Waals surface area contributed by atoms with Crippen LogP contribution in [0.5, 0.6) is 11.5 Å². The van der Waals surface area contributed by atoms with Crippen LogP contribution in [0.1, 0.15) is 25.3 Å². The SMILES string of the molecule is CCN(CC(=O)O)C1CC(NCc2ccc3c(c2)OCCO3)C1. The highest BCUT2D eigenvalue weighted by atomic mass is 16.6. The molecule has 1 aromatic carbocycles. The maximum Gasteiger partial charge on any atom is 0.317 e. The molecule has 2 aliphatic rings. The predicted octanol–water partition coefficient (Wildman–Crippen LogP) is 1.48. The topological polar surface area (TPSA) is 71.0 Å². The number of hydrogen-bond acceptors (Lipinski definition) is 5. The van der Waals surface area contributed by atoms with E-state index in [2.05, 4.69) is 11.4 Å². The minimum Gasteiger partial charge on any atom is -0.486 e. The zero-order valence-corrected chi connectivity index (χ0v) is 13.5. The van der Waals surface area contributed by atoms with Gasteiger partial charge in [0, 0.05) is 18.6 Å². The second kappa shape index (κ2) is 7.19. The number of carboxylic acid groups (broad SMARTS) is 1. The molecule has 0 atom stereocenters. The van der Waals surface area contributed by atoms with Crippen LogP contribution < -0.4 is 14.8 Å². The molecule has 1 aromatic rings. The van der Waals surface area contributed by atoms with E-state index >= 15 is 0 Å². The molecule has 23 heavy (non-hydrogen) atoms. The van der Waals surface area contributed by atoms with E-state index in [1.165, 1.54) is 5.56 Å². The van der Waals surface area contributed by atoms with Gasteiger partial charge in [-0.25, -0.2) is 0 Å². The summed E-state index contributed by atoms with van der Waals surface area (Å²) < 4.78 is 11.1. The van der Waals surface area contributed by atoms with Gasteiger partial charge >= 0.3 is 5.97 Å². The zero-order valence-electron chi connectivity index (χ0n) is 13.5. The Hall–Kier alpha value is -1.79. The van der Waals surface area contributed by atoms with Crippen LogP contribution in [0.2, 0.25) is 0 Å². The van der Waals surface area contributed by atoms with Crippen LogP contribution in [0, 0.1) is 0 Å². The Morgan fingerprint density at radius 2 is 2.04 bits per heavy atom. The molecule has 6 heteroatoms. The number of nitrogens with one attached hydrogen (secondary N) is 1. The van der Waals surface area contributed by atoms with E-state index in [0.717, 1.165) is 37.4 Å². The van der Waals surface area contributed by atoms with E-state index in [4.69, 9.17) is 14.6 Å². The quantitative estimate of drug-likeness (QED) is 0.793. The van der Waals surface area contributed by atoms with Crippen LogP contribution in [-0.2, 0) is 11.3 Å². The van der Waals surface area contributed by atoms with Crippen molar-refractivity contribution in [2.75, 3.05) is 26.3 Å². The fourth-order valence-corrected chi connectivity index (χ4v) is 3.19. The maximum atomic E-state index is 10.8. The number of rotatable bonds is 7. The van der Waals surface area contributed by atoms with Crippen molar-refractivity contribution in [3.8, 4) is 11.5 Å². The second-order valence-electron chi connectivity index (χ2n) is 6.14. The van der Waals surface area contributed by atoms with Gasteiger partial charge < -0.3 is 19.9 Å². The predicted molar refractivity (Wildman–Crippen MR) is 86.0 cm³/mol. The summed E-state index contributed by atoms with van der Waals surface area (Å²) in [5.41, 5.74) is 1.18. The van der Waals surface area contributed by atoms with E-state index in [1.807, 2.05) is 24.0 Å². The fourth-order valence-electron chi connectivity index (χ4n) is 3.19. The van der Waals surface area contributed by atoms with Gasteiger partial charge in [-0.2, -0.15) is 0 Å². The van der Waals surface area contributed by atoms with Crippen molar-refractivity contribution >= 4 is 5.97 Å². The molecule has 0 unspecified atom stereocenters. The fraction of sp³-hybridized carbons (Fsp3) is 0.588. The Labute approximate surface area is 136 Å². The molecule has 2 N–H and O–H groups in total. The molecule has 0 spiro atoms. The van der Waals surface area contributed by atoms with Crippen molar-refractivity contribution < 1.29 is 19.4 Å². The molecule has 6 nitrogen and oxygen atoms in total. The zero-order chi connectivity index (χ0) is 16.2. The van der Waals surface area contributed by atoms with E-state index in [9.17, 15) is 4.79 Å². The molecule has 0 radical (unpaired) electrons. The van der Waals surface area contributed by atoms with Gasteiger partial charge in [0.05, 0.1) is 6.54 Å². The monoisotopic (exact) mass is 320 g/mol. The Kier molecular flexibility index (Phi) is 5.03. The van der Waals surface area contributed by atoms with Gasteiger partial charge in [-0.1, -0.05) is 13.0 Å². The summed E-state index contributed by atoms with van der Waals surface area (Å²) in [5, 5.41) is 12.5. The van der Waals surface area contributed by atoms with Crippen LogP contribution in [-0.4, -0.2) is 54.4 Å². The summed E-state index contributed by atoms with van der Waals surface area (Å²) in [7, 11) is 0. The minimum atomic E-state index is -0.750. The van der Waals surface area contributed by atoms with E-state index < -0.39 is 5.97 Å². The van der Waals surface area contributed by atoms with Gasteiger partial charge in [-0.05, 0) is 37.1 Å². The molecule has 3 rings (SSSR count). The molecule has 0 aromatic heterocycles. The molecular weight excluding hydrogens is 296 g/mol. The highest BCUT2D eigenvalue weighted by Gasteiger charge is 2.33. The molecule has 0 bridgehead atoms.